The summed E-state index contributed by atoms with van der Waals surface area (Å²) >= 11 is 2.21. The normalized spacial score (nSPS) is 10.8. The average Bonchev–Trinajstić information content (AvgIpc) is 2.46. The summed E-state index contributed by atoms with van der Waals surface area (Å²) in [6, 6.07) is 9.51. The van der Waals surface area contributed by atoms with Gasteiger partial charge in [0.2, 0.25) is 0 Å². The summed E-state index contributed by atoms with van der Waals surface area (Å²) in [5.74, 6) is -0.387. The van der Waals surface area contributed by atoms with Crippen LogP contribution in [0, 0.1) is 14.9 Å². The maximum Gasteiger partial charge on any atom is 0.263 e. The van der Waals surface area contributed by atoms with Gasteiger partial charge in [0, 0.05) is 35.7 Å². The largest absolute Gasteiger partial charge is 0.385 e. The molecule has 20 heavy (non-hydrogen) atoms. The third-order valence-corrected chi connectivity index (χ3v) is 3.12. The van der Waals surface area contributed by atoms with E-state index in [1.807, 2.05) is 30.3 Å². The molecule has 0 aliphatic carbocycles. The number of nitriles is 1. The first-order valence-corrected chi connectivity index (χ1v) is 7.14. The van der Waals surface area contributed by atoms with E-state index in [0.717, 1.165) is 9.26 Å². The Balaban J connectivity index is 2.52. The number of halogens is 1. The maximum absolute atomic E-state index is 11.7. The highest BCUT2D eigenvalue weighted by molar-refractivity contribution is 14.1. The first kappa shape index (κ1) is 16.5. The zero-order chi connectivity index (χ0) is 14.8. The molecule has 5 nitrogen and oxygen atoms in total. The van der Waals surface area contributed by atoms with Gasteiger partial charge in [-0.15, -0.1) is 0 Å². The molecular weight excluding hydrogens is 369 g/mol. The van der Waals surface area contributed by atoms with Gasteiger partial charge in [0.25, 0.3) is 5.91 Å². The predicted molar refractivity (Wildman–Crippen MR) is 86.0 cm³/mol. The van der Waals surface area contributed by atoms with E-state index in [2.05, 4.69) is 33.2 Å². The SMILES string of the molecule is COCCCNC(=O)/C(C#N)=C\Nc1ccc(I)cc1. The number of amides is 1. The third-order valence-electron chi connectivity index (χ3n) is 2.40. The molecule has 0 saturated heterocycles. The van der Waals surface area contributed by atoms with Crippen LogP contribution in [-0.2, 0) is 9.53 Å². The van der Waals surface area contributed by atoms with Crippen LogP contribution in [0.3, 0.4) is 0 Å². The minimum atomic E-state index is -0.387. The van der Waals surface area contributed by atoms with E-state index in [1.54, 1.807) is 7.11 Å². The number of methoxy groups -OCH3 is 1. The molecule has 1 aromatic rings. The maximum atomic E-state index is 11.7. The van der Waals surface area contributed by atoms with E-state index in [9.17, 15) is 4.79 Å². The lowest BCUT2D eigenvalue weighted by Crippen LogP contribution is -2.26. The van der Waals surface area contributed by atoms with E-state index < -0.39 is 0 Å². The molecule has 0 unspecified atom stereocenters. The Hall–Kier alpha value is -1.59. The van der Waals surface area contributed by atoms with Crippen LogP contribution in [0.1, 0.15) is 6.42 Å². The van der Waals surface area contributed by atoms with Gasteiger partial charge >= 0.3 is 0 Å². The molecule has 0 bridgehead atoms. The molecule has 1 aromatic carbocycles. The minimum Gasteiger partial charge on any atom is -0.385 e. The summed E-state index contributed by atoms with van der Waals surface area (Å²) in [5, 5.41) is 14.6. The lowest BCUT2D eigenvalue weighted by Gasteiger charge is -2.05. The van der Waals surface area contributed by atoms with Crippen molar-refractivity contribution in [2.45, 2.75) is 6.42 Å². The lowest BCUT2D eigenvalue weighted by molar-refractivity contribution is -0.117. The number of carbonyl (C=O) groups is 1. The summed E-state index contributed by atoms with van der Waals surface area (Å²) in [6.07, 6.45) is 2.12. The molecule has 0 radical (unpaired) electrons. The molecular formula is C14H16IN3O2. The highest BCUT2D eigenvalue weighted by Gasteiger charge is 2.07. The number of hydrogen-bond donors (Lipinski definition) is 2. The highest BCUT2D eigenvalue weighted by atomic mass is 127. The average molecular weight is 385 g/mol. The second kappa shape index (κ2) is 9.34. The zero-order valence-electron chi connectivity index (χ0n) is 11.1. The first-order chi connectivity index (χ1) is 9.67. The second-order valence-electron chi connectivity index (χ2n) is 3.92. The van der Waals surface area contributed by atoms with Crippen LogP contribution < -0.4 is 10.6 Å². The molecule has 0 aliphatic rings. The van der Waals surface area contributed by atoms with Crippen LogP contribution in [0.5, 0.6) is 0 Å². The fourth-order valence-electron chi connectivity index (χ4n) is 1.36. The van der Waals surface area contributed by atoms with Gasteiger partial charge in [0.05, 0.1) is 0 Å². The fourth-order valence-corrected chi connectivity index (χ4v) is 1.72. The number of rotatable bonds is 7. The van der Waals surface area contributed by atoms with E-state index in [1.165, 1.54) is 6.20 Å². The van der Waals surface area contributed by atoms with Crippen molar-refractivity contribution in [3.8, 4) is 6.07 Å². The van der Waals surface area contributed by atoms with Gasteiger partial charge in [-0.05, 0) is 53.3 Å². The van der Waals surface area contributed by atoms with Crippen molar-refractivity contribution in [3.63, 3.8) is 0 Å². The van der Waals surface area contributed by atoms with Gasteiger partial charge < -0.3 is 15.4 Å². The van der Waals surface area contributed by atoms with Crippen molar-refractivity contribution in [1.29, 1.82) is 5.26 Å². The van der Waals surface area contributed by atoms with E-state index >= 15 is 0 Å². The molecule has 0 aliphatic heterocycles. The standard InChI is InChI=1S/C14H16IN3O2/c1-20-8-2-7-17-14(19)11(9-16)10-18-13-5-3-12(15)4-6-13/h3-6,10,18H,2,7-8H2,1H3,(H,17,19)/b11-10-. The van der Waals surface area contributed by atoms with Crippen molar-refractivity contribution in [3.05, 3.63) is 39.6 Å². The van der Waals surface area contributed by atoms with Gasteiger partial charge in [-0.25, -0.2) is 0 Å². The van der Waals surface area contributed by atoms with Crippen LogP contribution in [0.25, 0.3) is 0 Å². The van der Waals surface area contributed by atoms with Gasteiger partial charge in [0.15, 0.2) is 0 Å². The minimum absolute atomic E-state index is 0.0426. The summed E-state index contributed by atoms with van der Waals surface area (Å²) in [4.78, 5) is 11.7. The van der Waals surface area contributed by atoms with Crippen LogP contribution in [-0.4, -0.2) is 26.2 Å². The number of anilines is 1. The quantitative estimate of drug-likeness (QED) is 0.327. The molecule has 1 amide bonds. The summed E-state index contributed by atoms with van der Waals surface area (Å²) in [7, 11) is 1.60. The van der Waals surface area contributed by atoms with Crippen LogP contribution in [0.15, 0.2) is 36.0 Å². The van der Waals surface area contributed by atoms with E-state index in [0.29, 0.717) is 19.6 Å². The van der Waals surface area contributed by atoms with Crippen molar-refractivity contribution in [1.82, 2.24) is 5.32 Å². The molecule has 0 fully saturated rings. The second-order valence-corrected chi connectivity index (χ2v) is 5.17. The molecule has 0 spiro atoms. The number of ether oxygens (including phenoxy) is 1. The van der Waals surface area contributed by atoms with E-state index in [-0.39, 0.29) is 11.5 Å². The zero-order valence-corrected chi connectivity index (χ0v) is 13.3. The van der Waals surface area contributed by atoms with Crippen molar-refractivity contribution < 1.29 is 9.53 Å². The topological polar surface area (TPSA) is 74.1 Å². The Morgan fingerprint density at radius 2 is 2.15 bits per heavy atom. The summed E-state index contributed by atoms with van der Waals surface area (Å²) < 4.78 is 6.00. The molecule has 106 valence electrons. The van der Waals surface area contributed by atoms with Crippen molar-refractivity contribution in [2.24, 2.45) is 0 Å². The monoisotopic (exact) mass is 385 g/mol. The number of carbonyl (C=O) groups excluding carboxylic acids is 1. The Morgan fingerprint density at radius 3 is 2.75 bits per heavy atom. The fraction of sp³-hybridized carbons (Fsp3) is 0.286. The molecule has 1 rings (SSSR count). The highest BCUT2D eigenvalue weighted by Crippen LogP contribution is 2.11. The van der Waals surface area contributed by atoms with Crippen LogP contribution in [0.4, 0.5) is 5.69 Å². The van der Waals surface area contributed by atoms with Gasteiger partial charge in [0.1, 0.15) is 11.6 Å². The molecule has 0 atom stereocenters. The predicted octanol–water partition coefficient (Wildman–Crippen LogP) is 2.26. The third kappa shape index (κ3) is 6.04. The van der Waals surface area contributed by atoms with Crippen LogP contribution >= 0.6 is 22.6 Å². The van der Waals surface area contributed by atoms with Gasteiger partial charge in [-0.3, -0.25) is 4.79 Å². The van der Waals surface area contributed by atoms with Gasteiger partial charge in [-0.2, -0.15) is 5.26 Å². The molecule has 0 heterocycles. The Morgan fingerprint density at radius 1 is 1.45 bits per heavy atom. The number of benzene rings is 1. The number of hydrogen-bond acceptors (Lipinski definition) is 4. The first-order valence-electron chi connectivity index (χ1n) is 6.07. The number of nitrogens with zero attached hydrogens (tertiary/aromatic N) is 1. The Kier molecular flexibility index (Phi) is 7.69. The summed E-state index contributed by atoms with van der Waals surface area (Å²) in [6.45, 7) is 1.06. The molecule has 6 heteroatoms. The molecule has 0 saturated carbocycles. The molecule has 0 aromatic heterocycles. The van der Waals surface area contributed by atoms with Crippen LogP contribution in [0.2, 0.25) is 0 Å². The van der Waals surface area contributed by atoms with Gasteiger partial charge in [-0.1, -0.05) is 0 Å². The Bertz CT molecular complexity index is 506. The van der Waals surface area contributed by atoms with Crippen molar-refractivity contribution in [2.75, 3.05) is 25.6 Å². The van der Waals surface area contributed by atoms with E-state index in [4.69, 9.17) is 10.00 Å². The lowest BCUT2D eigenvalue weighted by atomic mass is 10.2. The molecule has 2 N–H and O–H groups in total. The Labute approximate surface area is 132 Å². The smallest absolute Gasteiger partial charge is 0.263 e. The summed E-state index contributed by atoms with van der Waals surface area (Å²) in [5.41, 5.74) is 0.867. The number of nitrogens with one attached hydrogen (secondary N) is 2. The van der Waals surface area contributed by atoms with Crippen molar-refractivity contribution >= 4 is 34.2 Å².